The van der Waals surface area contributed by atoms with E-state index in [-0.39, 0.29) is 11.5 Å². The molecule has 158 valence electrons. The number of aromatic nitrogens is 2. The molecule has 2 fully saturated rings. The fourth-order valence-corrected chi connectivity index (χ4v) is 5.07. The number of nitrogens with one attached hydrogen (secondary N) is 1. The van der Waals surface area contributed by atoms with Gasteiger partial charge in [-0.25, -0.2) is 9.37 Å². The zero-order valence-corrected chi connectivity index (χ0v) is 17.2. The molecule has 1 aliphatic carbocycles. The average molecular weight is 423 g/mol. The topological polar surface area (TPSA) is 84.4 Å². The average Bonchev–Trinajstić information content (AvgIpc) is 2.72. The van der Waals surface area contributed by atoms with Gasteiger partial charge in [0.25, 0.3) is 5.56 Å². The van der Waals surface area contributed by atoms with Crippen molar-refractivity contribution < 1.29 is 19.0 Å². The highest BCUT2D eigenvalue weighted by Crippen LogP contribution is 2.30. The van der Waals surface area contributed by atoms with E-state index in [1.165, 1.54) is 6.07 Å². The van der Waals surface area contributed by atoms with E-state index in [0.717, 1.165) is 51.7 Å². The number of benzene rings is 1. The Bertz CT molecular complexity index is 892. The Hall–Kier alpha value is -1.64. The lowest BCUT2D eigenvalue weighted by atomic mass is 9.97. The molecule has 29 heavy (non-hydrogen) atoms. The minimum absolute atomic E-state index is 0.0297. The standard InChI is InChI=1S/C21H27FN2O4S/c22-17-9-15(28-11-13-5-7-27-8-6-13)10-18-20(17)21(26)24-19(23-18)12-29-16-3-1-14(25)2-4-16/h9-10,13-14,16,25H,1-8,11-12H2,(H,23,24,26)/t14-,16-. The third-order valence-electron chi connectivity index (χ3n) is 5.71. The second kappa shape index (κ2) is 9.45. The molecule has 0 spiro atoms. The van der Waals surface area contributed by atoms with Crippen molar-refractivity contribution in [1.29, 1.82) is 0 Å². The summed E-state index contributed by atoms with van der Waals surface area (Å²) in [7, 11) is 0. The number of fused-ring (bicyclic) bond motifs is 1. The molecule has 1 saturated heterocycles. The van der Waals surface area contributed by atoms with Crippen molar-refractivity contribution in [2.75, 3.05) is 19.8 Å². The fraction of sp³-hybridized carbons (Fsp3) is 0.619. The zero-order chi connectivity index (χ0) is 20.2. The highest BCUT2D eigenvalue weighted by Gasteiger charge is 2.20. The molecule has 6 nitrogen and oxygen atoms in total. The van der Waals surface area contributed by atoms with Crippen LogP contribution < -0.4 is 10.3 Å². The van der Waals surface area contributed by atoms with Crippen LogP contribution in [0.4, 0.5) is 4.39 Å². The minimum Gasteiger partial charge on any atom is -0.493 e. The maximum atomic E-state index is 14.5. The summed E-state index contributed by atoms with van der Waals surface area (Å²) in [6.45, 7) is 1.98. The molecule has 0 unspecified atom stereocenters. The Balaban J connectivity index is 1.46. The molecule has 0 atom stereocenters. The lowest BCUT2D eigenvalue weighted by Gasteiger charge is -2.24. The van der Waals surface area contributed by atoms with Gasteiger partial charge in [-0.05, 0) is 44.4 Å². The van der Waals surface area contributed by atoms with Crippen molar-refractivity contribution >= 4 is 22.7 Å². The van der Waals surface area contributed by atoms with Crippen molar-refractivity contribution in [3.05, 3.63) is 34.1 Å². The molecule has 1 aromatic heterocycles. The van der Waals surface area contributed by atoms with Crippen LogP contribution in [0.1, 0.15) is 44.3 Å². The monoisotopic (exact) mass is 422 g/mol. The van der Waals surface area contributed by atoms with Crippen LogP contribution in [0.5, 0.6) is 5.75 Å². The van der Waals surface area contributed by atoms with Crippen molar-refractivity contribution in [1.82, 2.24) is 9.97 Å². The number of hydrogen-bond acceptors (Lipinski definition) is 6. The first-order chi connectivity index (χ1) is 14.1. The summed E-state index contributed by atoms with van der Waals surface area (Å²) in [4.78, 5) is 19.6. The molecule has 8 heteroatoms. The summed E-state index contributed by atoms with van der Waals surface area (Å²) in [5, 5.41) is 10.0. The van der Waals surface area contributed by atoms with Crippen molar-refractivity contribution in [3.8, 4) is 5.75 Å². The first kappa shape index (κ1) is 20.6. The number of hydrogen-bond donors (Lipinski definition) is 2. The summed E-state index contributed by atoms with van der Waals surface area (Å²) in [6, 6.07) is 2.92. The number of halogens is 1. The zero-order valence-electron chi connectivity index (χ0n) is 16.4. The van der Waals surface area contributed by atoms with Crippen LogP contribution in [0.25, 0.3) is 10.9 Å². The summed E-state index contributed by atoms with van der Waals surface area (Å²) < 4.78 is 25.7. The molecule has 0 bridgehead atoms. The minimum atomic E-state index is -0.612. The van der Waals surface area contributed by atoms with Gasteiger partial charge in [0.1, 0.15) is 22.8 Å². The third kappa shape index (κ3) is 5.29. The lowest BCUT2D eigenvalue weighted by Crippen LogP contribution is -2.21. The van der Waals surface area contributed by atoms with Gasteiger partial charge in [-0.1, -0.05) is 0 Å². The van der Waals surface area contributed by atoms with Crippen molar-refractivity contribution in [2.45, 2.75) is 55.6 Å². The van der Waals surface area contributed by atoms with E-state index >= 15 is 0 Å². The van der Waals surface area contributed by atoms with Crippen molar-refractivity contribution in [2.24, 2.45) is 5.92 Å². The molecule has 4 rings (SSSR count). The smallest absolute Gasteiger partial charge is 0.261 e. The maximum absolute atomic E-state index is 14.5. The van der Waals surface area contributed by atoms with E-state index in [1.807, 2.05) is 0 Å². The van der Waals surface area contributed by atoms with Crippen LogP contribution in [0, 0.1) is 11.7 Å². The fourth-order valence-electron chi connectivity index (χ4n) is 3.94. The van der Waals surface area contributed by atoms with Crippen LogP contribution in [-0.4, -0.2) is 46.2 Å². The number of nitrogens with zero attached hydrogens (tertiary/aromatic N) is 1. The summed E-state index contributed by atoms with van der Waals surface area (Å²) in [5.74, 6) is 1.29. The molecular weight excluding hydrogens is 395 g/mol. The van der Waals surface area contributed by atoms with E-state index in [4.69, 9.17) is 9.47 Å². The SMILES string of the molecule is O=c1[nH]c(CS[C@H]2CC[C@H](O)CC2)nc2cc(OCC3CCOCC3)cc(F)c12. The number of ether oxygens (including phenoxy) is 2. The van der Waals surface area contributed by atoms with Gasteiger partial charge >= 0.3 is 0 Å². The number of rotatable bonds is 6. The van der Waals surface area contributed by atoms with Crippen LogP contribution in [-0.2, 0) is 10.5 Å². The van der Waals surface area contributed by atoms with Gasteiger partial charge < -0.3 is 19.6 Å². The Labute approximate surface area is 173 Å². The Morgan fingerprint density at radius 2 is 1.97 bits per heavy atom. The summed E-state index contributed by atoms with van der Waals surface area (Å²) >= 11 is 1.73. The molecule has 2 aromatic rings. The Morgan fingerprint density at radius 1 is 1.21 bits per heavy atom. The normalized spacial score (nSPS) is 23.4. The predicted molar refractivity (Wildman–Crippen MR) is 111 cm³/mol. The first-order valence-corrected chi connectivity index (χ1v) is 11.4. The van der Waals surface area contributed by atoms with Gasteiger partial charge in [-0.2, -0.15) is 11.8 Å². The van der Waals surface area contributed by atoms with Gasteiger partial charge in [-0.15, -0.1) is 0 Å². The maximum Gasteiger partial charge on any atom is 0.261 e. The van der Waals surface area contributed by atoms with Gasteiger partial charge in [0.15, 0.2) is 0 Å². The molecular formula is C21H27FN2O4S. The second-order valence-corrected chi connectivity index (χ2v) is 9.21. The lowest BCUT2D eigenvalue weighted by molar-refractivity contribution is 0.0497. The van der Waals surface area contributed by atoms with E-state index in [1.54, 1.807) is 17.8 Å². The van der Waals surface area contributed by atoms with E-state index in [2.05, 4.69) is 9.97 Å². The summed E-state index contributed by atoms with van der Waals surface area (Å²) in [6.07, 6.45) is 5.25. The predicted octanol–water partition coefficient (Wildman–Crippen LogP) is 3.40. The number of thioether (sulfide) groups is 1. The van der Waals surface area contributed by atoms with E-state index in [9.17, 15) is 14.3 Å². The third-order valence-corrected chi connectivity index (χ3v) is 7.09. The van der Waals surface area contributed by atoms with Crippen LogP contribution >= 0.6 is 11.8 Å². The summed E-state index contributed by atoms with van der Waals surface area (Å²) in [5.41, 5.74) is -0.136. The highest BCUT2D eigenvalue weighted by molar-refractivity contribution is 7.99. The van der Waals surface area contributed by atoms with Gasteiger partial charge in [0, 0.05) is 30.6 Å². The molecule has 1 saturated carbocycles. The molecule has 2 N–H and O–H groups in total. The van der Waals surface area contributed by atoms with Gasteiger partial charge in [0.2, 0.25) is 0 Å². The molecule has 0 radical (unpaired) electrons. The Morgan fingerprint density at radius 3 is 2.72 bits per heavy atom. The second-order valence-electron chi connectivity index (χ2n) is 7.92. The van der Waals surface area contributed by atoms with E-state index < -0.39 is 11.4 Å². The molecule has 2 aliphatic rings. The molecule has 2 heterocycles. The van der Waals surface area contributed by atoms with Gasteiger partial charge in [0.05, 0.1) is 24.0 Å². The largest absolute Gasteiger partial charge is 0.493 e. The van der Waals surface area contributed by atoms with Gasteiger partial charge in [-0.3, -0.25) is 4.79 Å². The number of aromatic amines is 1. The molecule has 0 amide bonds. The first-order valence-electron chi connectivity index (χ1n) is 10.3. The van der Waals surface area contributed by atoms with Crippen molar-refractivity contribution in [3.63, 3.8) is 0 Å². The van der Waals surface area contributed by atoms with Crippen LogP contribution in [0.3, 0.4) is 0 Å². The number of H-pyrrole nitrogens is 1. The van der Waals surface area contributed by atoms with Crippen LogP contribution in [0.2, 0.25) is 0 Å². The number of aliphatic hydroxyl groups excluding tert-OH is 1. The molecule has 1 aliphatic heterocycles. The number of aliphatic hydroxyl groups is 1. The highest BCUT2D eigenvalue weighted by atomic mass is 32.2. The quantitative estimate of drug-likeness (QED) is 0.742. The molecule has 1 aromatic carbocycles. The van der Waals surface area contributed by atoms with Crippen LogP contribution in [0.15, 0.2) is 16.9 Å². The van der Waals surface area contributed by atoms with E-state index in [0.29, 0.717) is 40.6 Å². The Kier molecular flexibility index (Phi) is 6.72.